The van der Waals surface area contributed by atoms with Crippen LogP contribution < -0.4 is 5.32 Å². The highest BCUT2D eigenvalue weighted by Crippen LogP contribution is 2.21. The maximum atomic E-state index is 13.0. The largest absolute Gasteiger partial charge is 0.365 e. The lowest BCUT2D eigenvalue weighted by atomic mass is 10.00. The Bertz CT molecular complexity index is 763. The first-order chi connectivity index (χ1) is 14.2. The molecule has 3 rings (SSSR count). The molecule has 29 heavy (non-hydrogen) atoms. The van der Waals surface area contributed by atoms with Crippen molar-refractivity contribution in [2.24, 2.45) is 0 Å². The summed E-state index contributed by atoms with van der Waals surface area (Å²) in [4.78, 5) is 14.5. The number of hydrogen-bond acceptors (Lipinski definition) is 5. The van der Waals surface area contributed by atoms with Crippen LogP contribution in [0, 0.1) is 5.82 Å². The lowest BCUT2D eigenvalue weighted by Gasteiger charge is -2.35. The first-order valence-corrected chi connectivity index (χ1v) is 10.5. The zero-order valence-electron chi connectivity index (χ0n) is 17.0. The van der Waals surface area contributed by atoms with Crippen LogP contribution in [0.1, 0.15) is 44.7 Å². The SMILES string of the molecule is CCC1CCCCN1CCCNC(=O)COCc1cc(-c2ccc(F)cc2)on1. The summed E-state index contributed by atoms with van der Waals surface area (Å²) in [6, 6.07) is 8.41. The highest BCUT2D eigenvalue weighted by molar-refractivity contribution is 5.77. The molecular weight excluding hydrogens is 373 g/mol. The number of ether oxygens (including phenoxy) is 1. The Hall–Kier alpha value is -2.25. The third-order valence-corrected chi connectivity index (χ3v) is 5.34. The van der Waals surface area contributed by atoms with Gasteiger partial charge in [0.2, 0.25) is 5.91 Å². The van der Waals surface area contributed by atoms with Gasteiger partial charge in [-0.3, -0.25) is 4.79 Å². The molecule has 7 heteroatoms. The number of carbonyl (C=O) groups is 1. The molecule has 0 bridgehead atoms. The van der Waals surface area contributed by atoms with Gasteiger partial charge >= 0.3 is 0 Å². The van der Waals surface area contributed by atoms with E-state index < -0.39 is 0 Å². The second-order valence-corrected chi connectivity index (χ2v) is 7.48. The summed E-state index contributed by atoms with van der Waals surface area (Å²) in [5, 5.41) is 6.83. The second kappa shape index (κ2) is 11.1. The highest BCUT2D eigenvalue weighted by Gasteiger charge is 2.19. The van der Waals surface area contributed by atoms with E-state index in [1.165, 1.54) is 44.4 Å². The zero-order valence-corrected chi connectivity index (χ0v) is 17.0. The Morgan fingerprint density at radius 2 is 2.17 bits per heavy atom. The average molecular weight is 403 g/mol. The first-order valence-electron chi connectivity index (χ1n) is 10.5. The van der Waals surface area contributed by atoms with Crippen LogP contribution in [0.5, 0.6) is 0 Å². The Balaban J connectivity index is 1.30. The molecule has 2 heterocycles. The van der Waals surface area contributed by atoms with Crippen molar-refractivity contribution in [1.82, 2.24) is 15.4 Å². The summed E-state index contributed by atoms with van der Waals surface area (Å²) in [6.45, 7) is 5.29. The number of rotatable bonds is 10. The van der Waals surface area contributed by atoms with Gasteiger partial charge in [-0.25, -0.2) is 4.39 Å². The minimum absolute atomic E-state index is 0.0138. The predicted octanol–water partition coefficient (Wildman–Crippen LogP) is 3.77. The summed E-state index contributed by atoms with van der Waals surface area (Å²) in [6.07, 6.45) is 6.06. The van der Waals surface area contributed by atoms with Crippen LogP contribution in [0.25, 0.3) is 11.3 Å². The molecule has 0 saturated carbocycles. The molecule has 2 aromatic rings. The zero-order chi connectivity index (χ0) is 20.5. The molecule has 1 amide bonds. The Labute approximate surface area is 171 Å². The second-order valence-electron chi connectivity index (χ2n) is 7.48. The summed E-state index contributed by atoms with van der Waals surface area (Å²) >= 11 is 0. The molecule has 1 atom stereocenters. The van der Waals surface area contributed by atoms with Crippen molar-refractivity contribution in [3.8, 4) is 11.3 Å². The number of amides is 1. The van der Waals surface area contributed by atoms with Crippen molar-refractivity contribution in [2.45, 2.75) is 51.7 Å². The van der Waals surface area contributed by atoms with Crippen molar-refractivity contribution >= 4 is 5.91 Å². The number of hydrogen-bond donors (Lipinski definition) is 1. The lowest BCUT2D eigenvalue weighted by Crippen LogP contribution is -2.40. The van der Waals surface area contributed by atoms with Crippen LogP contribution in [-0.4, -0.2) is 48.2 Å². The number of likely N-dealkylation sites (tertiary alicyclic amines) is 1. The molecule has 0 aliphatic carbocycles. The fourth-order valence-electron chi connectivity index (χ4n) is 3.76. The van der Waals surface area contributed by atoms with Crippen LogP contribution in [0.15, 0.2) is 34.9 Å². The third kappa shape index (κ3) is 6.65. The maximum absolute atomic E-state index is 13.0. The number of halogens is 1. The monoisotopic (exact) mass is 403 g/mol. The van der Waals surface area contributed by atoms with E-state index in [1.54, 1.807) is 18.2 Å². The van der Waals surface area contributed by atoms with Gasteiger partial charge in [0, 0.05) is 30.8 Å². The molecule has 0 spiro atoms. The molecule has 1 aromatic heterocycles. The van der Waals surface area contributed by atoms with E-state index in [0.717, 1.165) is 18.5 Å². The van der Waals surface area contributed by atoms with Crippen LogP contribution >= 0.6 is 0 Å². The van der Waals surface area contributed by atoms with Gasteiger partial charge in [-0.2, -0.15) is 0 Å². The van der Waals surface area contributed by atoms with E-state index >= 15 is 0 Å². The molecular formula is C22H30FN3O3. The maximum Gasteiger partial charge on any atom is 0.246 e. The highest BCUT2D eigenvalue weighted by atomic mass is 19.1. The minimum Gasteiger partial charge on any atom is -0.365 e. The number of piperidine rings is 1. The lowest BCUT2D eigenvalue weighted by molar-refractivity contribution is -0.126. The van der Waals surface area contributed by atoms with Gasteiger partial charge in [-0.05, 0) is 56.5 Å². The summed E-state index contributed by atoms with van der Waals surface area (Å²) in [5.74, 6) is 0.109. The van der Waals surface area contributed by atoms with Crippen LogP contribution in [0.2, 0.25) is 0 Å². The number of benzene rings is 1. The normalized spacial score (nSPS) is 17.4. The molecule has 1 fully saturated rings. The molecule has 6 nitrogen and oxygen atoms in total. The van der Waals surface area contributed by atoms with E-state index in [1.807, 2.05) is 0 Å². The fourth-order valence-corrected chi connectivity index (χ4v) is 3.76. The minimum atomic E-state index is -0.302. The molecule has 1 aliphatic heterocycles. The third-order valence-electron chi connectivity index (χ3n) is 5.34. The van der Waals surface area contributed by atoms with E-state index in [2.05, 4.69) is 22.3 Å². The summed E-state index contributed by atoms with van der Waals surface area (Å²) in [7, 11) is 0. The quantitative estimate of drug-likeness (QED) is 0.612. The van der Waals surface area contributed by atoms with Crippen LogP contribution in [0.4, 0.5) is 4.39 Å². The number of nitrogens with zero attached hydrogens (tertiary/aromatic N) is 2. The van der Waals surface area contributed by atoms with Crippen molar-refractivity contribution in [3.05, 3.63) is 41.8 Å². The van der Waals surface area contributed by atoms with Gasteiger partial charge in [0.25, 0.3) is 0 Å². The van der Waals surface area contributed by atoms with E-state index in [9.17, 15) is 9.18 Å². The Morgan fingerprint density at radius 3 is 2.97 bits per heavy atom. The molecule has 158 valence electrons. The predicted molar refractivity (Wildman–Crippen MR) is 109 cm³/mol. The number of carbonyl (C=O) groups excluding carboxylic acids is 1. The summed E-state index contributed by atoms with van der Waals surface area (Å²) < 4.78 is 23.7. The fraction of sp³-hybridized carbons (Fsp3) is 0.545. The molecule has 1 N–H and O–H groups in total. The van der Waals surface area contributed by atoms with Gasteiger partial charge in [0.05, 0.1) is 6.61 Å². The van der Waals surface area contributed by atoms with Gasteiger partial charge in [0.1, 0.15) is 18.1 Å². The summed E-state index contributed by atoms with van der Waals surface area (Å²) in [5.41, 5.74) is 1.33. The molecule has 1 aromatic carbocycles. The van der Waals surface area contributed by atoms with Gasteiger partial charge in [-0.1, -0.05) is 18.5 Å². The van der Waals surface area contributed by atoms with Crippen molar-refractivity contribution in [3.63, 3.8) is 0 Å². The van der Waals surface area contributed by atoms with Gasteiger partial charge in [0.15, 0.2) is 5.76 Å². The standard InChI is InChI=1S/C22H30FN3O3/c1-2-20-6-3-4-12-26(20)13-5-11-24-22(27)16-28-15-19-14-21(29-25-19)17-7-9-18(23)10-8-17/h7-10,14,20H,2-6,11-13,15-16H2,1H3,(H,24,27). The Kier molecular flexibility index (Phi) is 8.19. The van der Waals surface area contributed by atoms with Gasteiger partial charge < -0.3 is 19.5 Å². The van der Waals surface area contributed by atoms with Crippen molar-refractivity contribution in [1.29, 1.82) is 0 Å². The first kappa shape index (κ1) is 21.5. The number of aromatic nitrogens is 1. The van der Waals surface area contributed by atoms with Crippen LogP contribution in [-0.2, 0) is 16.1 Å². The van der Waals surface area contributed by atoms with E-state index in [-0.39, 0.29) is 24.9 Å². The smallest absolute Gasteiger partial charge is 0.246 e. The van der Waals surface area contributed by atoms with Crippen LogP contribution in [0.3, 0.4) is 0 Å². The molecule has 0 radical (unpaired) electrons. The van der Waals surface area contributed by atoms with E-state index in [0.29, 0.717) is 24.0 Å². The average Bonchev–Trinajstić information content (AvgIpc) is 3.21. The number of nitrogens with one attached hydrogen (secondary N) is 1. The van der Waals surface area contributed by atoms with E-state index in [4.69, 9.17) is 9.26 Å². The van der Waals surface area contributed by atoms with Gasteiger partial charge in [-0.15, -0.1) is 0 Å². The van der Waals surface area contributed by atoms with Crippen molar-refractivity contribution in [2.75, 3.05) is 26.2 Å². The van der Waals surface area contributed by atoms with Crippen molar-refractivity contribution < 1.29 is 18.4 Å². The Morgan fingerprint density at radius 1 is 1.34 bits per heavy atom. The topological polar surface area (TPSA) is 67.6 Å². The molecule has 1 unspecified atom stereocenters. The molecule has 1 saturated heterocycles. The molecule has 1 aliphatic rings.